The van der Waals surface area contributed by atoms with Crippen molar-refractivity contribution in [1.82, 2.24) is 0 Å². The zero-order chi connectivity index (χ0) is 11.7. The third-order valence-corrected chi connectivity index (χ3v) is 2.78. The first-order valence-electron chi connectivity index (χ1n) is 6.00. The molecule has 0 heterocycles. The van der Waals surface area contributed by atoms with Crippen LogP contribution in [-0.4, -0.2) is 16.5 Å². The van der Waals surface area contributed by atoms with Crippen LogP contribution in [0.15, 0.2) is 12.7 Å². The molecule has 88 valence electrons. The lowest BCUT2D eigenvalue weighted by atomic mass is 9.86. The molecule has 0 aliphatic carbocycles. The van der Waals surface area contributed by atoms with Crippen molar-refractivity contribution in [1.29, 1.82) is 0 Å². The van der Waals surface area contributed by atoms with Gasteiger partial charge in [-0.1, -0.05) is 52.5 Å². The molecule has 15 heavy (non-hydrogen) atoms. The van der Waals surface area contributed by atoms with Crippen LogP contribution < -0.4 is 0 Å². The molecule has 1 unspecified atom stereocenters. The lowest BCUT2D eigenvalue weighted by Gasteiger charge is -2.25. The minimum Gasteiger partial charge on any atom is -0.382 e. The molecule has 2 heteroatoms. The molecule has 0 rings (SSSR count). The van der Waals surface area contributed by atoms with Crippen LogP contribution in [0.25, 0.3) is 0 Å². The fourth-order valence-electron chi connectivity index (χ4n) is 1.70. The maximum atomic E-state index is 11.6. The van der Waals surface area contributed by atoms with Crippen molar-refractivity contribution >= 4 is 5.78 Å². The van der Waals surface area contributed by atoms with E-state index >= 15 is 0 Å². The van der Waals surface area contributed by atoms with Crippen molar-refractivity contribution in [3.05, 3.63) is 12.7 Å². The van der Waals surface area contributed by atoms with E-state index in [0.717, 1.165) is 32.1 Å². The van der Waals surface area contributed by atoms with E-state index in [1.165, 1.54) is 6.08 Å². The third kappa shape index (κ3) is 5.12. The third-order valence-electron chi connectivity index (χ3n) is 2.78. The van der Waals surface area contributed by atoms with E-state index in [9.17, 15) is 9.90 Å². The van der Waals surface area contributed by atoms with Crippen LogP contribution in [0.1, 0.15) is 58.8 Å². The van der Waals surface area contributed by atoms with Gasteiger partial charge in [0.05, 0.1) is 0 Å². The fourth-order valence-corrected chi connectivity index (χ4v) is 1.70. The number of carbonyl (C=O) groups is 1. The monoisotopic (exact) mass is 212 g/mol. The second-order valence-corrected chi connectivity index (χ2v) is 4.16. The molecule has 0 aromatic carbocycles. The van der Waals surface area contributed by atoms with Crippen LogP contribution in [0, 0.1) is 0 Å². The molecule has 0 saturated carbocycles. The average molecular weight is 212 g/mol. The standard InChI is InChI=1S/C13H24O2/c1-4-7-9-11-13(15,10-8-5-2)12(14)6-3/h6,15H,3-5,7-11H2,1-2H3. The first-order chi connectivity index (χ1) is 7.10. The molecule has 0 fully saturated rings. The summed E-state index contributed by atoms with van der Waals surface area (Å²) in [7, 11) is 0. The summed E-state index contributed by atoms with van der Waals surface area (Å²) in [5, 5.41) is 10.2. The molecule has 0 radical (unpaired) electrons. The highest BCUT2D eigenvalue weighted by Crippen LogP contribution is 2.23. The maximum absolute atomic E-state index is 11.6. The van der Waals surface area contributed by atoms with Gasteiger partial charge in [-0.15, -0.1) is 0 Å². The molecule has 0 aliphatic heterocycles. The number of ketones is 1. The van der Waals surface area contributed by atoms with Crippen LogP contribution in [0.4, 0.5) is 0 Å². The van der Waals surface area contributed by atoms with Crippen LogP contribution >= 0.6 is 0 Å². The summed E-state index contributed by atoms with van der Waals surface area (Å²) in [5.74, 6) is -0.216. The Morgan fingerprint density at radius 1 is 1.20 bits per heavy atom. The average Bonchev–Trinajstić information content (AvgIpc) is 2.25. The molecular weight excluding hydrogens is 188 g/mol. The number of unbranched alkanes of at least 4 members (excludes halogenated alkanes) is 3. The first kappa shape index (κ1) is 14.4. The Kier molecular flexibility index (Phi) is 7.31. The molecule has 0 spiro atoms. The van der Waals surface area contributed by atoms with Gasteiger partial charge in [0.25, 0.3) is 0 Å². The Morgan fingerprint density at radius 3 is 2.20 bits per heavy atom. The van der Waals surface area contributed by atoms with E-state index in [1.54, 1.807) is 0 Å². The van der Waals surface area contributed by atoms with Crippen molar-refractivity contribution in [3.8, 4) is 0 Å². The SMILES string of the molecule is C=CC(=O)C(O)(CCCC)CCCCC. The Hall–Kier alpha value is -0.630. The lowest BCUT2D eigenvalue weighted by molar-refractivity contribution is -0.133. The van der Waals surface area contributed by atoms with E-state index in [-0.39, 0.29) is 5.78 Å². The minimum atomic E-state index is -1.15. The number of carbonyl (C=O) groups excluding carboxylic acids is 1. The normalized spacial score (nSPS) is 14.6. The van der Waals surface area contributed by atoms with Crippen LogP contribution in [0.3, 0.4) is 0 Å². The van der Waals surface area contributed by atoms with Gasteiger partial charge in [-0.3, -0.25) is 4.79 Å². The summed E-state index contributed by atoms with van der Waals surface area (Å²) in [4.78, 5) is 11.6. The molecule has 0 saturated heterocycles. The van der Waals surface area contributed by atoms with E-state index in [2.05, 4.69) is 20.4 Å². The van der Waals surface area contributed by atoms with E-state index < -0.39 is 5.60 Å². The predicted octanol–water partition coefficient (Wildman–Crippen LogP) is 3.24. The summed E-state index contributed by atoms with van der Waals surface area (Å²) >= 11 is 0. The van der Waals surface area contributed by atoms with Gasteiger partial charge < -0.3 is 5.11 Å². The van der Waals surface area contributed by atoms with Gasteiger partial charge in [-0.05, 0) is 18.9 Å². The first-order valence-corrected chi connectivity index (χ1v) is 6.00. The highest BCUT2D eigenvalue weighted by atomic mass is 16.3. The van der Waals surface area contributed by atoms with Crippen molar-refractivity contribution in [3.63, 3.8) is 0 Å². The van der Waals surface area contributed by atoms with Crippen LogP contribution in [-0.2, 0) is 4.79 Å². The summed E-state index contributed by atoms with van der Waals surface area (Å²) in [6.45, 7) is 7.63. The van der Waals surface area contributed by atoms with E-state index in [1.807, 2.05) is 0 Å². The van der Waals surface area contributed by atoms with E-state index in [4.69, 9.17) is 0 Å². The van der Waals surface area contributed by atoms with Crippen molar-refractivity contribution < 1.29 is 9.90 Å². The molecule has 0 amide bonds. The number of rotatable bonds is 9. The van der Waals surface area contributed by atoms with Gasteiger partial charge in [0.2, 0.25) is 0 Å². The zero-order valence-electron chi connectivity index (χ0n) is 10.1. The smallest absolute Gasteiger partial charge is 0.186 e. The second kappa shape index (κ2) is 7.63. The van der Waals surface area contributed by atoms with Gasteiger partial charge in [-0.2, -0.15) is 0 Å². The summed E-state index contributed by atoms with van der Waals surface area (Å²) in [6.07, 6.45) is 7.37. The molecule has 2 nitrogen and oxygen atoms in total. The number of aliphatic hydroxyl groups is 1. The van der Waals surface area contributed by atoms with E-state index in [0.29, 0.717) is 12.8 Å². The van der Waals surface area contributed by atoms with Crippen LogP contribution in [0.2, 0.25) is 0 Å². The van der Waals surface area contributed by atoms with Gasteiger partial charge in [0, 0.05) is 0 Å². The Balaban J connectivity index is 4.26. The zero-order valence-corrected chi connectivity index (χ0v) is 10.1. The Labute approximate surface area is 93.4 Å². The minimum absolute atomic E-state index is 0.216. The maximum Gasteiger partial charge on any atom is 0.186 e. The summed E-state index contributed by atoms with van der Waals surface area (Å²) < 4.78 is 0. The highest BCUT2D eigenvalue weighted by molar-refractivity contribution is 5.96. The lowest BCUT2D eigenvalue weighted by Crippen LogP contribution is -2.37. The summed E-state index contributed by atoms with van der Waals surface area (Å²) in [5.41, 5.74) is -1.15. The summed E-state index contributed by atoms with van der Waals surface area (Å²) in [6, 6.07) is 0. The molecule has 1 N–H and O–H groups in total. The van der Waals surface area contributed by atoms with Crippen molar-refractivity contribution in [2.75, 3.05) is 0 Å². The quantitative estimate of drug-likeness (QED) is 0.470. The number of hydrogen-bond donors (Lipinski definition) is 1. The molecule has 0 aromatic rings. The second-order valence-electron chi connectivity index (χ2n) is 4.16. The molecule has 0 aliphatic rings. The molecular formula is C13H24O2. The van der Waals surface area contributed by atoms with Crippen molar-refractivity contribution in [2.45, 2.75) is 64.4 Å². The topological polar surface area (TPSA) is 37.3 Å². The van der Waals surface area contributed by atoms with Crippen LogP contribution in [0.5, 0.6) is 0 Å². The molecule has 0 bridgehead atoms. The Bertz CT molecular complexity index is 199. The van der Waals surface area contributed by atoms with Gasteiger partial charge in [-0.25, -0.2) is 0 Å². The van der Waals surface area contributed by atoms with Crippen molar-refractivity contribution in [2.24, 2.45) is 0 Å². The predicted molar refractivity (Wildman–Crippen MR) is 63.8 cm³/mol. The largest absolute Gasteiger partial charge is 0.382 e. The molecule has 1 atom stereocenters. The van der Waals surface area contributed by atoms with Gasteiger partial charge in [0.1, 0.15) is 5.60 Å². The molecule has 0 aromatic heterocycles. The number of hydrogen-bond acceptors (Lipinski definition) is 2. The highest BCUT2D eigenvalue weighted by Gasteiger charge is 2.31. The van der Waals surface area contributed by atoms with Gasteiger partial charge in [0.15, 0.2) is 5.78 Å². The van der Waals surface area contributed by atoms with Gasteiger partial charge >= 0.3 is 0 Å². The Morgan fingerprint density at radius 2 is 1.73 bits per heavy atom. The fraction of sp³-hybridized carbons (Fsp3) is 0.769.